The number of phosphoric acid groups is 3. The van der Waals surface area contributed by atoms with E-state index in [1.54, 1.807) is 6.92 Å². The Morgan fingerprint density at radius 3 is 2.09 bits per heavy atom. The molecule has 2 fully saturated rings. The van der Waals surface area contributed by atoms with Crippen LogP contribution in [0.25, 0.3) is 22.2 Å². The number of aromatic nitrogens is 7. The summed E-state index contributed by atoms with van der Waals surface area (Å²) < 4.78 is 79.7. The fraction of sp³-hybridized carbons (Fsp3) is 0.560. The topological polar surface area (TPSA) is 387 Å². The van der Waals surface area contributed by atoms with Crippen LogP contribution < -0.4 is 16.9 Å². The van der Waals surface area contributed by atoms with Crippen LogP contribution in [0.1, 0.15) is 23.8 Å². The number of aliphatic hydroxyl groups excluding tert-OH is 3. The Hall–Kier alpha value is -3.30. The Balaban J connectivity index is 1.07. The van der Waals surface area contributed by atoms with Crippen LogP contribution in [0.5, 0.6) is 0 Å². The molecule has 6 rings (SSSR count). The molecule has 0 bridgehead atoms. The number of hydrogen-bond donors (Lipinski definition) is 9. The van der Waals surface area contributed by atoms with Crippen molar-refractivity contribution >= 4 is 51.6 Å². The highest BCUT2D eigenvalue weighted by atomic mass is 31.3. The third kappa shape index (κ3) is 8.68. The number of anilines is 1. The molecule has 0 saturated carbocycles. The van der Waals surface area contributed by atoms with E-state index in [0.717, 1.165) is 10.9 Å². The fourth-order valence-electron chi connectivity index (χ4n) is 5.93. The van der Waals surface area contributed by atoms with E-state index in [2.05, 4.69) is 38.1 Å². The molecule has 2 aliphatic rings. The first-order valence-corrected chi connectivity index (χ1v) is 20.2. The molecule has 2 aliphatic heterocycles. The minimum Gasteiger partial charge on any atom is -0.387 e. The van der Waals surface area contributed by atoms with Gasteiger partial charge in [0.25, 0.3) is 11.1 Å². The van der Waals surface area contributed by atoms with Gasteiger partial charge in [0.2, 0.25) is 5.95 Å². The van der Waals surface area contributed by atoms with E-state index in [1.807, 2.05) is 0 Å². The normalized spacial score (nSPS) is 29.1. The number of H-pyrrole nitrogens is 2. The summed E-state index contributed by atoms with van der Waals surface area (Å²) in [6.07, 6.45) is -9.69. The third-order valence-electron chi connectivity index (χ3n) is 8.23. The second kappa shape index (κ2) is 15.6. The van der Waals surface area contributed by atoms with Crippen molar-refractivity contribution in [3.8, 4) is 0 Å². The summed E-state index contributed by atoms with van der Waals surface area (Å²) in [7, 11) is -16.0. The Bertz CT molecular complexity index is 2330. The molecule has 2 saturated heterocycles. The van der Waals surface area contributed by atoms with Crippen molar-refractivity contribution in [3.05, 3.63) is 44.6 Å². The minimum absolute atomic E-state index is 0.146. The summed E-state index contributed by atoms with van der Waals surface area (Å²) >= 11 is 0. The molecule has 304 valence electrons. The lowest BCUT2D eigenvalue weighted by Gasteiger charge is -2.22. The number of imidazole rings is 1. The van der Waals surface area contributed by atoms with Crippen LogP contribution in [-0.2, 0) is 50.3 Å². The van der Waals surface area contributed by atoms with Crippen molar-refractivity contribution in [3.63, 3.8) is 0 Å². The van der Waals surface area contributed by atoms with Crippen LogP contribution in [0, 0.1) is 13.8 Å². The second-order valence-corrected chi connectivity index (χ2v) is 16.8. The van der Waals surface area contributed by atoms with Crippen LogP contribution in [0.4, 0.5) is 5.95 Å². The van der Waals surface area contributed by atoms with Gasteiger partial charge in [-0.3, -0.25) is 28.2 Å². The number of nitrogens with one attached hydrogen (secondary N) is 2. The average molecular weight is 845 g/mol. The van der Waals surface area contributed by atoms with Gasteiger partial charge in [0, 0.05) is 13.3 Å². The number of hydrogen-bond acceptors (Lipinski definition) is 20. The molecular weight excluding hydrogens is 809 g/mol. The van der Waals surface area contributed by atoms with Gasteiger partial charge in [-0.15, -0.1) is 0 Å². The molecule has 0 aliphatic carbocycles. The molecule has 11 atom stereocenters. The number of nitrogens with zero attached hydrogens (tertiary/aromatic N) is 5. The van der Waals surface area contributed by atoms with Gasteiger partial charge < -0.3 is 64.2 Å². The first-order valence-electron chi connectivity index (χ1n) is 15.7. The van der Waals surface area contributed by atoms with Crippen LogP contribution in [0.15, 0.2) is 22.1 Å². The van der Waals surface area contributed by atoms with Gasteiger partial charge >= 0.3 is 23.5 Å². The molecule has 0 amide bonds. The first-order chi connectivity index (χ1) is 25.7. The Labute approximate surface area is 306 Å². The number of nitrogen functional groups attached to an aromatic ring is 1. The highest BCUT2D eigenvalue weighted by Gasteiger charge is 2.50. The maximum absolute atomic E-state index is 12.7. The van der Waals surface area contributed by atoms with E-state index in [-0.39, 0.29) is 40.8 Å². The van der Waals surface area contributed by atoms with Gasteiger partial charge in [0.1, 0.15) is 54.9 Å². The van der Waals surface area contributed by atoms with E-state index < -0.39 is 96.9 Å². The largest absolute Gasteiger partial charge is 0.490 e. The maximum atomic E-state index is 12.7. The zero-order valence-corrected chi connectivity index (χ0v) is 31.2. The predicted octanol–water partition coefficient (Wildman–Crippen LogP) is -1.71. The monoisotopic (exact) mass is 844 g/mol. The number of rotatable bonds is 15. The van der Waals surface area contributed by atoms with Gasteiger partial charge in [-0.05, 0) is 19.4 Å². The number of fused-ring (bicyclic) bond motifs is 2. The lowest BCUT2D eigenvalue weighted by molar-refractivity contribution is -0.128. The Morgan fingerprint density at radius 2 is 1.45 bits per heavy atom. The van der Waals surface area contributed by atoms with Crippen molar-refractivity contribution in [1.82, 2.24) is 34.1 Å². The Kier molecular flexibility index (Phi) is 11.7. The predicted molar refractivity (Wildman–Crippen MR) is 179 cm³/mol. The van der Waals surface area contributed by atoms with E-state index in [1.165, 1.54) is 24.8 Å². The average Bonchev–Trinajstić information content (AvgIpc) is 3.80. The minimum atomic E-state index is -5.99. The molecule has 0 radical (unpaired) electrons. The number of methoxy groups -OCH3 is 1. The molecule has 30 heteroatoms. The van der Waals surface area contributed by atoms with Crippen LogP contribution in [0.2, 0.25) is 0 Å². The number of nitrogens with two attached hydrogens (primary N) is 1. The summed E-state index contributed by atoms with van der Waals surface area (Å²) in [5, 5.41) is 32.3. The van der Waals surface area contributed by atoms with Gasteiger partial charge in [-0.2, -0.15) is 13.6 Å². The number of aromatic amines is 2. The number of aryl methyl sites for hydroxylation is 2. The Morgan fingerprint density at radius 1 is 0.836 bits per heavy atom. The number of aliphatic hydroxyl groups is 3. The van der Waals surface area contributed by atoms with Gasteiger partial charge in [0.05, 0.1) is 24.9 Å². The van der Waals surface area contributed by atoms with Gasteiger partial charge in [0.15, 0.2) is 23.6 Å². The third-order valence-corrected chi connectivity index (χ3v) is 12.5. The second-order valence-electron chi connectivity index (χ2n) is 12.1. The molecule has 55 heavy (non-hydrogen) atoms. The van der Waals surface area contributed by atoms with Crippen molar-refractivity contribution < 1.29 is 80.3 Å². The van der Waals surface area contributed by atoms with Crippen molar-refractivity contribution in [2.24, 2.45) is 0 Å². The maximum Gasteiger partial charge on any atom is 0.490 e. The van der Waals surface area contributed by atoms with Crippen LogP contribution in [-0.4, -0.2) is 128 Å². The summed E-state index contributed by atoms with van der Waals surface area (Å²) in [5.41, 5.74) is 4.70. The van der Waals surface area contributed by atoms with Crippen LogP contribution in [0.3, 0.4) is 0 Å². The standard InChI is InChI=1S/C25H35N8O19P3/c1-9-4-32(19-13(9)21(37)29-10(2)28-19)24-18(46-8-45-3)16(35)12(50-24)6-48-54(41,42)52-55(43,44)51-53(39,40)47-5-11-15(34)17(36)23(49-11)33-7-27-14-20(33)30-25(26)31-22(14)38/h4,7,11-12,15-18,23-24,34-36H,5-6,8H2,1-3H3,(H,39,40)(H,41,42)(H,43,44)(H,28,29,37)(H3,26,30,31,38)/t11-,12-,15+,16+,17?,18?,23-,24-/m1/s1. The van der Waals surface area contributed by atoms with Crippen LogP contribution >= 0.6 is 23.5 Å². The SMILES string of the molecule is COCOC1[C@@H](O)[C@@H](COP(=O)(O)OP(=O)(O)OP(=O)(O)OC[C@H]2O[C@@H](n3cnc4c(=O)[nH]c(N)nc43)C(O)[C@H]2O)O[C@H]1n1cc(C)c2c(=O)[nH]c(C)nc21. The van der Waals surface area contributed by atoms with Crippen molar-refractivity contribution in [2.45, 2.75) is 62.9 Å². The molecule has 10 N–H and O–H groups in total. The van der Waals surface area contributed by atoms with Crippen molar-refractivity contribution in [2.75, 3.05) is 32.9 Å². The molecule has 0 aromatic carbocycles. The highest BCUT2D eigenvalue weighted by molar-refractivity contribution is 7.66. The molecule has 27 nitrogen and oxygen atoms in total. The van der Waals surface area contributed by atoms with E-state index in [9.17, 15) is 53.3 Å². The summed E-state index contributed by atoms with van der Waals surface area (Å²) in [4.78, 5) is 72.0. The van der Waals surface area contributed by atoms with E-state index in [0.29, 0.717) is 5.56 Å². The zero-order valence-electron chi connectivity index (χ0n) is 28.5. The lowest BCUT2D eigenvalue weighted by Crippen LogP contribution is -2.36. The summed E-state index contributed by atoms with van der Waals surface area (Å²) in [6, 6.07) is 0. The summed E-state index contributed by atoms with van der Waals surface area (Å²) in [6.45, 7) is 0.740. The fourth-order valence-corrected chi connectivity index (χ4v) is 9.45. The van der Waals surface area contributed by atoms with Gasteiger partial charge in [-0.25, -0.2) is 23.7 Å². The smallest absolute Gasteiger partial charge is 0.387 e. The molecular formula is C25H35N8O19P3. The lowest BCUT2D eigenvalue weighted by atomic mass is 10.1. The first kappa shape index (κ1) is 41.3. The molecule has 6 heterocycles. The molecule has 4 aromatic heterocycles. The van der Waals surface area contributed by atoms with E-state index in [4.69, 9.17) is 29.2 Å². The number of phosphoric ester groups is 2. The van der Waals surface area contributed by atoms with Crippen molar-refractivity contribution in [1.29, 1.82) is 0 Å². The quantitative estimate of drug-likeness (QED) is 0.0475. The van der Waals surface area contributed by atoms with Gasteiger partial charge in [-0.1, -0.05) is 0 Å². The molecule has 4 aromatic rings. The van der Waals surface area contributed by atoms with E-state index >= 15 is 0 Å². The molecule has 0 spiro atoms. The zero-order chi connectivity index (χ0) is 40.2. The summed E-state index contributed by atoms with van der Waals surface area (Å²) in [5.74, 6) is -0.0424. The molecule has 5 unspecified atom stereocenters. The number of ether oxygens (including phenoxy) is 4. The highest BCUT2D eigenvalue weighted by Crippen LogP contribution is 2.68.